The lowest BCUT2D eigenvalue weighted by Gasteiger charge is -2.24. The Labute approximate surface area is 167 Å². The summed E-state index contributed by atoms with van der Waals surface area (Å²) in [5.41, 5.74) is -1.63. The standard InChI is InChI=1S/C19H23N5O5/c1-11-20-15(23-29-11)18(2,3)21-14(25)10-24-16(26)19(4,22-17(24)27)12-6-8-13(28-5)9-7-12/h6-9H,10H2,1-5H3,(H,21,25)(H,22,27). The van der Waals surface area contributed by atoms with Crippen molar-refractivity contribution in [3.8, 4) is 5.75 Å². The summed E-state index contributed by atoms with van der Waals surface area (Å²) >= 11 is 0. The van der Waals surface area contributed by atoms with Gasteiger partial charge in [0.2, 0.25) is 11.8 Å². The van der Waals surface area contributed by atoms with Crippen LogP contribution < -0.4 is 15.4 Å². The molecule has 29 heavy (non-hydrogen) atoms. The first kappa shape index (κ1) is 20.3. The first-order chi connectivity index (χ1) is 13.6. The second-order valence-electron chi connectivity index (χ2n) is 7.49. The van der Waals surface area contributed by atoms with E-state index in [0.29, 0.717) is 23.0 Å². The van der Waals surface area contributed by atoms with Gasteiger partial charge in [0.1, 0.15) is 17.8 Å². The molecule has 0 bridgehead atoms. The molecule has 1 unspecified atom stereocenters. The minimum Gasteiger partial charge on any atom is -0.497 e. The predicted octanol–water partition coefficient (Wildman–Crippen LogP) is 1.21. The number of aromatic nitrogens is 2. The monoisotopic (exact) mass is 401 g/mol. The van der Waals surface area contributed by atoms with Gasteiger partial charge in [0.15, 0.2) is 5.82 Å². The summed E-state index contributed by atoms with van der Waals surface area (Å²) in [6, 6.07) is 6.15. The maximum Gasteiger partial charge on any atom is 0.325 e. The van der Waals surface area contributed by atoms with Crippen LogP contribution in [0.4, 0.5) is 4.79 Å². The number of amides is 4. The van der Waals surface area contributed by atoms with Crippen molar-refractivity contribution in [1.29, 1.82) is 0 Å². The molecule has 10 nitrogen and oxygen atoms in total. The molecule has 3 rings (SSSR count). The van der Waals surface area contributed by atoms with E-state index in [9.17, 15) is 14.4 Å². The minimum absolute atomic E-state index is 0.295. The largest absolute Gasteiger partial charge is 0.497 e. The van der Waals surface area contributed by atoms with Crippen LogP contribution >= 0.6 is 0 Å². The Morgan fingerprint density at radius 3 is 2.52 bits per heavy atom. The van der Waals surface area contributed by atoms with Gasteiger partial charge in [-0.2, -0.15) is 4.98 Å². The van der Waals surface area contributed by atoms with E-state index in [1.807, 2.05) is 0 Å². The van der Waals surface area contributed by atoms with Crippen LogP contribution in [0.2, 0.25) is 0 Å². The van der Waals surface area contributed by atoms with E-state index in [1.54, 1.807) is 52.0 Å². The van der Waals surface area contributed by atoms with Gasteiger partial charge >= 0.3 is 6.03 Å². The van der Waals surface area contributed by atoms with E-state index in [4.69, 9.17) is 9.26 Å². The van der Waals surface area contributed by atoms with Crippen molar-refractivity contribution in [3.05, 3.63) is 41.5 Å². The van der Waals surface area contributed by atoms with Crippen molar-refractivity contribution in [1.82, 2.24) is 25.7 Å². The summed E-state index contributed by atoms with van der Waals surface area (Å²) in [5.74, 6) is 0.246. The molecule has 0 radical (unpaired) electrons. The minimum atomic E-state index is -1.27. The molecule has 2 heterocycles. The van der Waals surface area contributed by atoms with E-state index in [0.717, 1.165) is 4.90 Å². The molecule has 0 spiro atoms. The molecule has 1 aromatic carbocycles. The maximum atomic E-state index is 13.0. The Bertz CT molecular complexity index is 952. The van der Waals surface area contributed by atoms with Gasteiger partial charge in [-0.25, -0.2) is 4.79 Å². The molecule has 1 atom stereocenters. The number of urea groups is 1. The predicted molar refractivity (Wildman–Crippen MR) is 101 cm³/mol. The molecule has 1 saturated heterocycles. The van der Waals surface area contributed by atoms with Gasteiger partial charge < -0.3 is 19.9 Å². The quantitative estimate of drug-likeness (QED) is 0.697. The Hall–Kier alpha value is -3.43. The number of nitrogens with one attached hydrogen (secondary N) is 2. The van der Waals surface area contributed by atoms with E-state index < -0.39 is 35.5 Å². The molecular weight excluding hydrogens is 378 g/mol. The molecule has 1 aliphatic heterocycles. The number of hydrogen-bond donors (Lipinski definition) is 2. The normalized spacial score (nSPS) is 19.3. The molecule has 0 aliphatic carbocycles. The smallest absolute Gasteiger partial charge is 0.325 e. The van der Waals surface area contributed by atoms with Gasteiger partial charge in [-0.3, -0.25) is 14.5 Å². The second kappa shape index (κ2) is 7.19. The van der Waals surface area contributed by atoms with Crippen LogP contribution in [0.3, 0.4) is 0 Å². The van der Waals surface area contributed by atoms with E-state index in [2.05, 4.69) is 20.8 Å². The molecule has 2 aromatic rings. The van der Waals surface area contributed by atoms with Crippen molar-refractivity contribution in [2.24, 2.45) is 0 Å². The van der Waals surface area contributed by atoms with E-state index in [-0.39, 0.29) is 0 Å². The van der Waals surface area contributed by atoms with Crippen molar-refractivity contribution >= 4 is 17.8 Å². The number of methoxy groups -OCH3 is 1. The molecular formula is C19H23N5O5. The SMILES string of the molecule is COc1ccc(C2(C)NC(=O)N(CC(=O)NC(C)(C)c3noc(C)n3)C2=O)cc1. The third-order valence-corrected chi connectivity index (χ3v) is 4.78. The molecule has 2 N–H and O–H groups in total. The van der Waals surface area contributed by atoms with Crippen molar-refractivity contribution in [2.45, 2.75) is 38.8 Å². The number of carbonyl (C=O) groups is 3. The Morgan fingerprint density at radius 2 is 1.97 bits per heavy atom. The number of aryl methyl sites for hydroxylation is 1. The summed E-state index contributed by atoms with van der Waals surface area (Å²) in [6.07, 6.45) is 0. The Balaban J connectivity index is 1.73. The molecule has 154 valence electrons. The van der Waals surface area contributed by atoms with Gasteiger partial charge in [-0.1, -0.05) is 17.3 Å². The fourth-order valence-electron chi connectivity index (χ4n) is 3.10. The zero-order chi connectivity index (χ0) is 21.4. The Kier molecular flexibility index (Phi) is 5.04. The van der Waals surface area contributed by atoms with Gasteiger partial charge in [-0.05, 0) is 38.5 Å². The summed E-state index contributed by atoms with van der Waals surface area (Å²) in [7, 11) is 1.54. The lowest BCUT2D eigenvalue weighted by Crippen LogP contribution is -2.48. The average molecular weight is 401 g/mol. The zero-order valence-electron chi connectivity index (χ0n) is 16.9. The Morgan fingerprint density at radius 1 is 1.31 bits per heavy atom. The maximum absolute atomic E-state index is 13.0. The van der Waals surface area contributed by atoms with Crippen LogP contribution in [0, 0.1) is 6.92 Å². The summed E-state index contributed by atoms with van der Waals surface area (Å²) < 4.78 is 10.1. The van der Waals surface area contributed by atoms with Crippen molar-refractivity contribution < 1.29 is 23.6 Å². The van der Waals surface area contributed by atoms with Gasteiger partial charge in [0.05, 0.1) is 12.6 Å². The summed E-state index contributed by atoms with van der Waals surface area (Å²) in [4.78, 5) is 42.9. The topological polar surface area (TPSA) is 127 Å². The highest BCUT2D eigenvalue weighted by Crippen LogP contribution is 2.30. The zero-order valence-corrected chi connectivity index (χ0v) is 16.9. The lowest BCUT2D eigenvalue weighted by atomic mass is 9.92. The third-order valence-electron chi connectivity index (χ3n) is 4.78. The third kappa shape index (κ3) is 3.78. The van der Waals surface area contributed by atoms with Crippen LogP contribution in [-0.2, 0) is 20.7 Å². The van der Waals surface area contributed by atoms with Crippen LogP contribution in [0.5, 0.6) is 5.75 Å². The fourth-order valence-corrected chi connectivity index (χ4v) is 3.10. The first-order valence-corrected chi connectivity index (χ1v) is 8.97. The lowest BCUT2D eigenvalue weighted by molar-refractivity contribution is -0.135. The van der Waals surface area contributed by atoms with Crippen LogP contribution in [0.25, 0.3) is 0 Å². The fraction of sp³-hybridized carbons (Fsp3) is 0.421. The van der Waals surface area contributed by atoms with Crippen LogP contribution in [0.1, 0.15) is 38.0 Å². The highest BCUT2D eigenvalue weighted by molar-refractivity contribution is 6.09. The van der Waals surface area contributed by atoms with Gasteiger partial charge in [0, 0.05) is 6.92 Å². The molecule has 10 heteroatoms. The van der Waals surface area contributed by atoms with Crippen molar-refractivity contribution in [3.63, 3.8) is 0 Å². The molecule has 1 aliphatic rings. The number of ether oxygens (including phenoxy) is 1. The molecule has 1 aromatic heterocycles. The number of benzene rings is 1. The van der Waals surface area contributed by atoms with Crippen molar-refractivity contribution in [2.75, 3.05) is 13.7 Å². The number of imide groups is 1. The molecule has 4 amide bonds. The number of carbonyl (C=O) groups excluding carboxylic acids is 3. The van der Waals surface area contributed by atoms with Gasteiger partial charge in [-0.15, -0.1) is 0 Å². The highest BCUT2D eigenvalue weighted by atomic mass is 16.5. The van der Waals surface area contributed by atoms with Gasteiger partial charge in [0.25, 0.3) is 5.91 Å². The number of rotatable bonds is 6. The summed E-state index contributed by atoms with van der Waals surface area (Å²) in [5, 5.41) is 9.19. The second-order valence-corrected chi connectivity index (χ2v) is 7.49. The molecule has 1 fully saturated rings. The summed E-state index contributed by atoms with van der Waals surface area (Å²) in [6.45, 7) is 6.20. The van der Waals surface area contributed by atoms with E-state index in [1.165, 1.54) is 7.11 Å². The highest BCUT2D eigenvalue weighted by Gasteiger charge is 2.49. The average Bonchev–Trinajstić information content (AvgIpc) is 3.20. The van der Waals surface area contributed by atoms with Crippen LogP contribution in [-0.4, -0.2) is 46.5 Å². The molecule has 0 saturated carbocycles. The first-order valence-electron chi connectivity index (χ1n) is 8.97. The van der Waals surface area contributed by atoms with Crippen LogP contribution in [0.15, 0.2) is 28.8 Å². The number of nitrogens with zero attached hydrogens (tertiary/aromatic N) is 3. The van der Waals surface area contributed by atoms with E-state index >= 15 is 0 Å². The number of hydrogen-bond acceptors (Lipinski definition) is 7.